The van der Waals surface area contributed by atoms with Crippen LogP contribution in [0.2, 0.25) is 0 Å². The molecule has 1 aromatic rings. The van der Waals surface area contributed by atoms with E-state index in [9.17, 15) is 19.7 Å². The predicted molar refractivity (Wildman–Crippen MR) is 86.7 cm³/mol. The fraction of sp³-hybridized carbons (Fsp3) is 0.500. The summed E-state index contributed by atoms with van der Waals surface area (Å²) in [4.78, 5) is 36.0. The number of carbonyl (C=O) groups excluding carboxylic acids is 2. The largest absolute Gasteiger partial charge is 0.366 e. The van der Waals surface area contributed by atoms with Gasteiger partial charge in [0.2, 0.25) is 5.91 Å². The molecule has 0 aliphatic carbocycles. The highest BCUT2D eigenvalue weighted by Gasteiger charge is 2.28. The number of piperidine rings is 1. The number of nitro benzene ring substituents is 1. The number of carbonyl (C=O) groups is 2. The van der Waals surface area contributed by atoms with Crippen molar-refractivity contribution in [3.63, 3.8) is 0 Å². The van der Waals surface area contributed by atoms with Gasteiger partial charge >= 0.3 is 0 Å². The number of ketones is 1. The average molecular weight is 319 g/mol. The Hall–Kier alpha value is -2.44. The van der Waals surface area contributed by atoms with Gasteiger partial charge in [-0.25, -0.2) is 0 Å². The number of amides is 1. The number of benzene rings is 1. The zero-order chi connectivity index (χ0) is 17.0. The van der Waals surface area contributed by atoms with Gasteiger partial charge in [0.05, 0.1) is 4.92 Å². The Morgan fingerprint density at radius 1 is 1.35 bits per heavy atom. The lowest BCUT2D eigenvalue weighted by Gasteiger charge is -2.32. The molecule has 1 aliphatic heterocycles. The molecule has 7 nitrogen and oxygen atoms in total. The summed E-state index contributed by atoms with van der Waals surface area (Å²) >= 11 is 0. The number of anilines is 1. The quantitative estimate of drug-likeness (QED) is 0.510. The summed E-state index contributed by atoms with van der Waals surface area (Å²) in [7, 11) is 0. The van der Waals surface area contributed by atoms with Crippen molar-refractivity contribution in [3.8, 4) is 0 Å². The minimum atomic E-state index is -0.461. The Labute approximate surface area is 134 Å². The molecule has 0 aromatic heterocycles. The van der Waals surface area contributed by atoms with E-state index in [1.54, 1.807) is 12.1 Å². The molecule has 1 N–H and O–H groups in total. The molecule has 1 heterocycles. The van der Waals surface area contributed by atoms with Crippen molar-refractivity contribution in [3.05, 3.63) is 33.9 Å². The molecule has 0 spiro atoms. The first-order chi connectivity index (χ1) is 10.9. The third-order valence-electron chi connectivity index (χ3n) is 4.14. The molecule has 124 valence electrons. The van der Waals surface area contributed by atoms with Crippen molar-refractivity contribution < 1.29 is 14.5 Å². The number of nitro groups is 1. The van der Waals surface area contributed by atoms with Gasteiger partial charge in [0, 0.05) is 37.2 Å². The first kappa shape index (κ1) is 16.9. The lowest BCUT2D eigenvalue weighted by molar-refractivity contribution is -0.384. The predicted octanol–water partition coefficient (Wildman–Crippen LogP) is 2.15. The maximum Gasteiger partial charge on any atom is 0.293 e. The van der Waals surface area contributed by atoms with E-state index in [1.165, 1.54) is 13.0 Å². The van der Waals surface area contributed by atoms with Crippen LogP contribution < -0.4 is 10.2 Å². The third-order valence-corrected chi connectivity index (χ3v) is 4.14. The zero-order valence-electron chi connectivity index (χ0n) is 13.4. The van der Waals surface area contributed by atoms with Gasteiger partial charge in [-0.2, -0.15) is 0 Å². The van der Waals surface area contributed by atoms with Crippen molar-refractivity contribution in [2.24, 2.45) is 5.92 Å². The normalized spacial score (nSPS) is 15.3. The summed E-state index contributed by atoms with van der Waals surface area (Å²) in [5, 5.41) is 14.1. The van der Waals surface area contributed by atoms with Gasteiger partial charge in [0.1, 0.15) is 5.69 Å². The SMILES string of the molecule is CCNC(=O)C1CCN(c2ccc(C(C)=O)cc2[N+](=O)[O-])CC1. The number of hydrogen-bond donors (Lipinski definition) is 1. The van der Waals surface area contributed by atoms with Crippen molar-refractivity contribution in [1.29, 1.82) is 0 Å². The summed E-state index contributed by atoms with van der Waals surface area (Å²) in [6.45, 7) is 5.05. The number of Topliss-reactive ketones (excluding diaryl/α,β-unsaturated/α-hetero) is 1. The van der Waals surface area contributed by atoms with Crippen LogP contribution in [0.25, 0.3) is 0 Å². The first-order valence-corrected chi connectivity index (χ1v) is 7.76. The number of nitrogens with one attached hydrogen (secondary N) is 1. The summed E-state index contributed by atoms with van der Waals surface area (Å²) < 4.78 is 0. The first-order valence-electron chi connectivity index (χ1n) is 7.76. The monoisotopic (exact) mass is 319 g/mol. The summed E-state index contributed by atoms with van der Waals surface area (Å²) in [5.41, 5.74) is 0.779. The van der Waals surface area contributed by atoms with E-state index in [-0.39, 0.29) is 23.3 Å². The highest BCUT2D eigenvalue weighted by atomic mass is 16.6. The van der Waals surface area contributed by atoms with Crippen LogP contribution in [0.1, 0.15) is 37.0 Å². The second kappa shape index (κ2) is 7.21. The highest BCUT2D eigenvalue weighted by Crippen LogP contribution is 2.32. The minimum absolute atomic E-state index is 0.0400. The van der Waals surface area contributed by atoms with Gasteiger partial charge in [0.15, 0.2) is 5.78 Å². The van der Waals surface area contributed by atoms with E-state index in [1.807, 2.05) is 11.8 Å². The van der Waals surface area contributed by atoms with Crippen LogP contribution in [0, 0.1) is 16.0 Å². The minimum Gasteiger partial charge on any atom is -0.366 e. The number of rotatable bonds is 5. The van der Waals surface area contributed by atoms with Crippen molar-refractivity contribution in [2.45, 2.75) is 26.7 Å². The van der Waals surface area contributed by atoms with Crippen LogP contribution >= 0.6 is 0 Å². The maximum atomic E-state index is 11.9. The van der Waals surface area contributed by atoms with Crippen molar-refractivity contribution in [1.82, 2.24) is 5.32 Å². The standard InChI is InChI=1S/C16H21N3O4/c1-3-17-16(21)12-6-8-18(9-7-12)14-5-4-13(11(2)20)10-15(14)19(22)23/h4-5,10,12H,3,6-9H2,1-2H3,(H,17,21). The molecule has 1 saturated heterocycles. The van der Waals surface area contributed by atoms with Crippen LogP contribution in [0.4, 0.5) is 11.4 Å². The highest BCUT2D eigenvalue weighted by molar-refractivity contribution is 5.95. The number of nitrogens with zero attached hydrogens (tertiary/aromatic N) is 2. The number of hydrogen-bond acceptors (Lipinski definition) is 5. The maximum absolute atomic E-state index is 11.9. The van der Waals surface area contributed by atoms with Crippen LogP contribution in [-0.2, 0) is 4.79 Å². The van der Waals surface area contributed by atoms with Gasteiger partial charge in [-0.05, 0) is 38.8 Å². The molecule has 1 aromatic carbocycles. The molecule has 23 heavy (non-hydrogen) atoms. The second-order valence-corrected chi connectivity index (χ2v) is 5.67. The Morgan fingerprint density at radius 2 is 2.00 bits per heavy atom. The molecule has 1 aliphatic rings. The Balaban J connectivity index is 2.16. The van der Waals surface area contributed by atoms with Crippen LogP contribution in [0.3, 0.4) is 0 Å². The molecule has 7 heteroatoms. The molecule has 2 rings (SSSR count). The molecule has 0 radical (unpaired) electrons. The van der Waals surface area contributed by atoms with Crippen LogP contribution in [0.15, 0.2) is 18.2 Å². The Morgan fingerprint density at radius 3 is 2.52 bits per heavy atom. The van der Waals surface area contributed by atoms with Gasteiger partial charge in [0.25, 0.3) is 5.69 Å². The van der Waals surface area contributed by atoms with Crippen LogP contribution in [-0.4, -0.2) is 36.2 Å². The van der Waals surface area contributed by atoms with E-state index in [2.05, 4.69) is 5.32 Å². The molecule has 0 bridgehead atoms. The van der Waals surface area contributed by atoms with E-state index in [4.69, 9.17) is 0 Å². The van der Waals surface area contributed by atoms with Crippen molar-refractivity contribution in [2.75, 3.05) is 24.5 Å². The van der Waals surface area contributed by atoms with Crippen molar-refractivity contribution >= 4 is 23.1 Å². The third kappa shape index (κ3) is 3.85. The summed E-state index contributed by atoms with van der Waals surface area (Å²) in [6.07, 6.45) is 1.33. The van der Waals surface area contributed by atoms with E-state index < -0.39 is 4.92 Å². The lowest BCUT2D eigenvalue weighted by Crippen LogP contribution is -2.40. The van der Waals surface area contributed by atoms with Gasteiger partial charge in [-0.15, -0.1) is 0 Å². The summed E-state index contributed by atoms with van der Waals surface area (Å²) in [6, 6.07) is 4.56. The van der Waals surface area contributed by atoms with Crippen LogP contribution in [0.5, 0.6) is 0 Å². The van der Waals surface area contributed by atoms with Gasteiger partial charge < -0.3 is 10.2 Å². The fourth-order valence-corrected chi connectivity index (χ4v) is 2.86. The Kier molecular flexibility index (Phi) is 5.31. The molecular formula is C16H21N3O4. The fourth-order valence-electron chi connectivity index (χ4n) is 2.86. The average Bonchev–Trinajstić information content (AvgIpc) is 2.54. The van der Waals surface area contributed by atoms with E-state index in [0.717, 1.165) is 0 Å². The topological polar surface area (TPSA) is 92.6 Å². The van der Waals surface area contributed by atoms with Gasteiger partial charge in [-0.1, -0.05) is 0 Å². The molecule has 1 fully saturated rings. The van der Waals surface area contributed by atoms with E-state index in [0.29, 0.717) is 43.7 Å². The lowest BCUT2D eigenvalue weighted by atomic mass is 9.95. The Bertz CT molecular complexity index is 622. The van der Waals surface area contributed by atoms with Gasteiger partial charge in [-0.3, -0.25) is 19.7 Å². The zero-order valence-corrected chi connectivity index (χ0v) is 13.4. The smallest absolute Gasteiger partial charge is 0.293 e. The summed E-state index contributed by atoms with van der Waals surface area (Å²) in [5.74, 6) is -0.190. The molecule has 0 unspecified atom stereocenters. The van der Waals surface area contributed by atoms with E-state index >= 15 is 0 Å². The molecule has 1 amide bonds. The second-order valence-electron chi connectivity index (χ2n) is 5.67. The molecule has 0 saturated carbocycles. The molecule has 0 atom stereocenters. The molecular weight excluding hydrogens is 298 g/mol.